The van der Waals surface area contributed by atoms with Gasteiger partial charge in [0.25, 0.3) is 0 Å². The summed E-state index contributed by atoms with van der Waals surface area (Å²) in [6, 6.07) is 3.94. The van der Waals surface area contributed by atoms with Crippen molar-refractivity contribution in [1.29, 1.82) is 0 Å². The molecule has 0 bridgehead atoms. The highest BCUT2D eigenvalue weighted by Crippen LogP contribution is 2.17. The zero-order chi connectivity index (χ0) is 8.67. The van der Waals surface area contributed by atoms with Crippen molar-refractivity contribution in [2.75, 3.05) is 0 Å². The highest BCUT2D eigenvalue weighted by Gasteiger charge is 2.07. The van der Waals surface area contributed by atoms with Crippen LogP contribution in [0.15, 0.2) is 30.7 Å². The predicted molar refractivity (Wildman–Crippen MR) is 48.0 cm³/mol. The van der Waals surface area contributed by atoms with Crippen LogP contribution in [0, 0.1) is 0 Å². The maximum Gasteiger partial charge on any atom is 0.240 e. The second kappa shape index (κ2) is 2.26. The molecule has 2 aromatic heterocycles. The summed E-state index contributed by atoms with van der Waals surface area (Å²) in [5.74, 6) is 0. The third-order valence-corrected chi connectivity index (χ3v) is 2.12. The van der Waals surface area contributed by atoms with Gasteiger partial charge >= 0.3 is 0 Å². The first kappa shape index (κ1) is 6.54. The molecule has 0 saturated heterocycles. The van der Waals surface area contributed by atoms with Gasteiger partial charge in [-0.05, 0) is 12.1 Å². The summed E-state index contributed by atoms with van der Waals surface area (Å²) in [4.78, 5) is 7.40. The van der Waals surface area contributed by atoms with Gasteiger partial charge in [0.1, 0.15) is 5.52 Å². The van der Waals surface area contributed by atoms with Crippen LogP contribution in [0.5, 0.6) is 0 Å². The molecule has 2 N–H and O–H groups in total. The second-order valence-corrected chi connectivity index (χ2v) is 2.88. The molecule has 0 spiro atoms. The topological polar surface area (TPSA) is 55.7 Å². The van der Waals surface area contributed by atoms with Gasteiger partial charge in [-0.3, -0.25) is 5.10 Å². The fourth-order valence-corrected chi connectivity index (χ4v) is 1.50. The van der Waals surface area contributed by atoms with Gasteiger partial charge in [0, 0.05) is 0 Å². The molecule has 4 nitrogen and oxygen atoms in total. The largest absolute Gasteiger partial charge is 0.278 e. The molecule has 0 atom stereocenters. The minimum atomic E-state index is 0.955. The summed E-state index contributed by atoms with van der Waals surface area (Å²) >= 11 is 0. The molecule has 0 unspecified atom stereocenters. The number of aromatic amines is 2. The van der Waals surface area contributed by atoms with Crippen LogP contribution >= 0.6 is 0 Å². The molecule has 13 heavy (non-hydrogen) atoms. The van der Waals surface area contributed by atoms with Gasteiger partial charge in [0.05, 0.1) is 23.3 Å². The van der Waals surface area contributed by atoms with E-state index in [1.807, 2.05) is 18.3 Å². The summed E-state index contributed by atoms with van der Waals surface area (Å²) in [5, 5.41) is 7.97. The van der Waals surface area contributed by atoms with Crippen molar-refractivity contribution >= 4 is 21.9 Å². The van der Waals surface area contributed by atoms with Crippen molar-refractivity contribution in [3.63, 3.8) is 0 Å². The molecule has 0 saturated carbocycles. The zero-order valence-corrected chi connectivity index (χ0v) is 6.78. The molecule has 0 radical (unpaired) electrons. The van der Waals surface area contributed by atoms with E-state index in [9.17, 15) is 0 Å². The Hall–Kier alpha value is -1.97. The molecular formula is C9H7N4+. The third-order valence-electron chi connectivity index (χ3n) is 2.12. The van der Waals surface area contributed by atoms with Gasteiger partial charge < -0.3 is 0 Å². The Labute approximate surface area is 73.6 Å². The van der Waals surface area contributed by atoms with Gasteiger partial charge in [-0.15, -0.1) is 0 Å². The number of benzene rings is 1. The van der Waals surface area contributed by atoms with Crippen LogP contribution in [0.4, 0.5) is 0 Å². The normalized spacial score (nSPS) is 11.1. The van der Waals surface area contributed by atoms with Gasteiger partial charge in [-0.2, -0.15) is 5.10 Å². The predicted octanol–water partition coefficient (Wildman–Crippen LogP) is 0.925. The van der Waals surface area contributed by atoms with Crippen LogP contribution in [0.2, 0.25) is 0 Å². The lowest BCUT2D eigenvalue weighted by Crippen LogP contribution is -2.02. The first-order valence-electron chi connectivity index (χ1n) is 4.03. The van der Waals surface area contributed by atoms with Crippen LogP contribution in [0.1, 0.15) is 0 Å². The number of rotatable bonds is 0. The molecule has 0 aliphatic carbocycles. The first-order valence-corrected chi connectivity index (χ1v) is 4.03. The van der Waals surface area contributed by atoms with Crippen LogP contribution in [0.3, 0.4) is 0 Å². The molecule has 4 heteroatoms. The molecule has 62 valence electrons. The van der Waals surface area contributed by atoms with Crippen molar-refractivity contribution in [3.05, 3.63) is 30.7 Å². The van der Waals surface area contributed by atoms with Gasteiger partial charge in [0.15, 0.2) is 6.20 Å². The summed E-state index contributed by atoms with van der Waals surface area (Å²) in [6.45, 7) is 0. The lowest BCUT2D eigenvalue weighted by molar-refractivity contribution is -0.344. The number of hydrogen-bond donors (Lipinski definition) is 1. The van der Waals surface area contributed by atoms with Crippen molar-refractivity contribution in [2.45, 2.75) is 0 Å². The number of aromatic nitrogens is 4. The SMILES string of the molecule is c1c[nH+]c2c(ccc3[nH]ncc32)n1. The standard InChI is InChI=1S/C9H6N4/c1-2-8-9(11-4-3-10-8)6-5-12-13-7(1)6/h1-5H,(H,12,13)/p+1. The minimum Gasteiger partial charge on any atom is -0.278 e. The van der Waals surface area contributed by atoms with E-state index in [0.29, 0.717) is 0 Å². The number of hydrogen-bond acceptors (Lipinski definition) is 2. The van der Waals surface area contributed by atoms with Gasteiger partial charge in [-0.1, -0.05) is 0 Å². The summed E-state index contributed by atoms with van der Waals surface area (Å²) in [7, 11) is 0. The van der Waals surface area contributed by atoms with Crippen LogP contribution in [-0.2, 0) is 0 Å². The summed E-state index contributed by atoms with van der Waals surface area (Å²) in [5.41, 5.74) is 3.00. The summed E-state index contributed by atoms with van der Waals surface area (Å²) in [6.07, 6.45) is 5.36. The number of fused-ring (bicyclic) bond motifs is 3. The van der Waals surface area contributed by atoms with Crippen LogP contribution in [0.25, 0.3) is 21.9 Å². The number of nitrogens with zero attached hydrogens (tertiary/aromatic N) is 2. The Morgan fingerprint density at radius 3 is 3.31 bits per heavy atom. The fourth-order valence-electron chi connectivity index (χ4n) is 1.50. The Balaban J connectivity index is 2.65. The molecule has 0 aliphatic rings. The lowest BCUT2D eigenvalue weighted by Gasteiger charge is -1.90. The molecule has 3 rings (SSSR count). The van der Waals surface area contributed by atoms with Gasteiger partial charge in [-0.25, -0.2) is 9.97 Å². The lowest BCUT2D eigenvalue weighted by atomic mass is 10.2. The molecule has 1 aromatic carbocycles. The minimum absolute atomic E-state index is 0.955. The Bertz CT molecular complexity index is 570. The van der Waals surface area contributed by atoms with E-state index in [2.05, 4.69) is 20.2 Å². The van der Waals surface area contributed by atoms with E-state index < -0.39 is 0 Å². The third kappa shape index (κ3) is 0.823. The maximum absolute atomic E-state index is 4.24. The molecule has 0 aliphatic heterocycles. The van der Waals surface area contributed by atoms with Crippen LogP contribution in [-0.4, -0.2) is 15.2 Å². The zero-order valence-electron chi connectivity index (χ0n) is 6.78. The number of H-pyrrole nitrogens is 2. The highest BCUT2D eigenvalue weighted by molar-refractivity contribution is 5.99. The van der Waals surface area contributed by atoms with E-state index in [-0.39, 0.29) is 0 Å². The van der Waals surface area contributed by atoms with Crippen molar-refractivity contribution in [3.8, 4) is 0 Å². The number of nitrogens with one attached hydrogen (secondary N) is 2. The van der Waals surface area contributed by atoms with E-state index in [1.165, 1.54) is 0 Å². The van der Waals surface area contributed by atoms with Crippen molar-refractivity contribution < 1.29 is 4.98 Å². The Morgan fingerprint density at radius 1 is 1.31 bits per heavy atom. The summed E-state index contributed by atoms with van der Waals surface area (Å²) < 4.78 is 0. The van der Waals surface area contributed by atoms with E-state index in [1.54, 1.807) is 12.4 Å². The average Bonchev–Trinajstić information content (AvgIpc) is 2.65. The maximum atomic E-state index is 4.24. The molecule has 3 aromatic rings. The average molecular weight is 171 g/mol. The van der Waals surface area contributed by atoms with E-state index in [4.69, 9.17) is 0 Å². The fraction of sp³-hybridized carbons (Fsp3) is 0. The Kier molecular flexibility index (Phi) is 1.14. The smallest absolute Gasteiger partial charge is 0.240 e. The van der Waals surface area contributed by atoms with E-state index in [0.717, 1.165) is 21.9 Å². The van der Waals surface area contributed by atoms with Crippen LogP contribution < -0.4 is 4.98 Å². The van der Waals surface area contributed by atoms with Crippen molar-refractivity contribution in [2.24, 2.45) is 0 Å². The van der Waals surface area contributed by atoms with Gasteiger partial charge in [0.2, 0.25) is 5.52 Å². The first-order chi connectivity index (χ1) is 6.45. The molecular weight excluding hydrogens is 164 g/mol. The highest BCUT2D eigenvalue weighted by atomic mass is 15.1. The molecule has 0 fully saturated rings. The van der Waals surface area contributed by atoms with Crippen molar-refractivity contribution in [1.82, 2.24) is 15.2 Å². The molecule has 2 heterocycles. The van der Waals surface area contributed by atoms with E-state index >= 15 is 0 Å². The molecule has 0 amide bonds. The monoisotopic (exact) mass is 171 g/mol. The quantitative estimate of drug-likeness (QED) is 0.547. The second-order valence-electron chi connectivity index (χ2n) is 2.88. The Morgan fingerprint density at radius 2 is 2.31 bits per heavy atom.